The van der Waals surface area contributed by atoms with Crippen LogP contribution >= 0.6 is 24.8 Å². The molecule has 1 saturated heterocycles. The summed E-state index contributed by atoms with van der Waals surface area (Å²) in [4.78, 5) is 16.5. The van der Waals surface area contributed by atoms with E-state index in [1.807, 2.05) is 17.1 Å². The molecular formula is C19H26Cl2N4O. The molecule has 2 heterocycles. The molecule has 2 N–H and O–H groups in total. The minimum absolute atomic E-state index is 0. The van der Waals surface area contributed by atoms with Crippen LogP contribution in [0.3, 0.4) is 0 Å². The number of nitrogens with zero attached hydrogens (tertiary/aromatic N) is 2. The van der Waals surface area contributed by atoms with Gasteiger partial charge in [-0.05, 0) is 48.9 Å². The maximum atomic E-state index is 12.4. The van der Waals surface area contributed by atoms with Crippen LogP contribution in [0.1, 0.15) is 30.4 Å². The van der Waals surface area contributed by atoms with Crippen molar-refractivity contribution >= 4 is 30.7 Å². The average molecular weight is 397 g/mol. The monoisotopic (exact) mass is 396 g/mol. The minimum atomic E-state index is 0. The van der Waals surface area contributed by atoms with Crippen LogP contribution in [0.4, 0.5) is 0 Å². The highest BCUT2D eigenvalue weighted by molar-refractivity contribution is 5.85. The number of piperidine rings is 1. The van der Waals surface area contributed by atoms with Crippen molar-refractivity contribution in [3.05, 3.63) is 54.1 Å². The van der Waals surface area contributed by atoms with Gasteiger partial charge in [-0.1, -0.05) is 24.3 Å². The highest BCUT2D eigenvalue weighted by Crippen LogP contribution is 2.58. The lowest BCUT2D eigenvalue weighted by molar-refractivity contribution is -0.123. The molecule has 1 spiro atoms. The van der Waals surface area contributed by atoms with Gasteiger partial charge in [-0.3, -0.25) is 4.79 Å². The van der Waals surface area contributed by atoms with Gasteiger partial charge >= 0.3 is 0 Å². The molecule has 2 aliphatic rings. The second-order valence-corrected chi connectivity index (χ2v) is 7.14. The number of hydrogen-bond donors (Lipinski definition) is 2. The van der Waals surface area contributed by atoms with Crippen molar-refractivity contribution in [3.63, 3.8) is 0 Å². The van der Waals surface area contributed by atoms with E-state index in [0.29, 0.717) is 12.0 Å². The molecule has 1 saturated carbocycles. The fourth-order valence-corrected chi connectivity index (χ4v) is 3.94. The van der Waals surface area contributed by atoms with Gasteiger partial charge in [0.15, 0.2) is 0 Å². The van der Waals surface area contributed by atoms with E-state index in [9.17, 15) is 4.79 Å². The number of carbonyl (C=O) groups excluding carboxylic acids is 1. The molecule has 142 valence electrons. The number of carbonyl (C=O) groups is 1. The largest absolute Gasteiger partial charge is 0.352 e. The number of aromatic nitrogens is 2. The normalized spacial score (nSPS) is 19.9. The van der Waals surface area contributed by atoms with E-state index in [0.717, 1.165) is 44.5 Å². The second kappa shape index (κ2) is 8.89. The van der Waals surface area contributed by atoms with E-state index >= 15 is 0 Å². The lowest BCUT2D eigenvalue weighted by Crippen LogP contribution is -2.33. The number of halogens is 2. The molecule has 4 rings (SSSR count). The Morgan fingerprint density at radius 2 is 2.04 bits per heavy atom. The van der Waals surface area contributed by atoms with E-state index in [2.05, 4.69) is 39.9 Å². The van der Waals surface area contributed by atoms with Gasteiger partial charge in [0.2, 0.25) is 5.91 Å². The molecule has 1 aromatic heterocycles. The fraction of sp³-hybridized carbons (Fsp3) is 0.474. The molecule has 7 heteroatoms. The molecule has 0 bridgehead atoms. The summed E-state index contributed by atoms with van der Waals surface area (Å²) in [5, 5.41) is 6.52. The van der Waals surface area contributed by atoms with E-state index in [1.165, 1.54) is 5.56 Å². The Hall–Kier alpha value is -1.56. The summed E-state index contributed by atoms with van der Waals surface area (Å²) >= 11 is 0. The molecule has 1 aliphatic carbocycles. The third-order valence-corrected chi connectivity index (χ3v) is 5.49. The Bertz CT molecular complexity index is 714. The maximum Gasteiger partial charge on any atom is 0.223 e. The van der Waals surface area contributed by atoms with Crippen molar-refractivity contribution < 1.29 is 4.79 Å². The van der Waals surface area contributed by atoms with Crippen LogP contribution in [0.15, 0.2) is 43.0 Å². The molecule has 1 aromatic carbocycles. The lowest BCUT2D eigenvalue weighted by Gasteiger charge is -2.23. The summed E-state index contributed by atoms with van der Waals surface area (Å²) in [5.41, 5.74) is 2.68. The van der Waals surface area contributed by atoms with Gasteiger partial charge in [0.05, 0.1) is 6.33 Å². The van der Waals surface area contributed by atoms with Gasteiger partial charge in [-0.15, -0.1) is 24.8 Å². The van der Waals surface area contributed by atoms with Crippen molar-refractivity contribution in [1.82, 2.24) is 20.2 Å². The van der Waals surface area contributed by atoms with Crippen molar-refractivity contribution in [2.45, 2.75) is 32.4 Å². The topological polar surface area (TPSA) is 59.0 Å². The van der Waals surface area contributed by atoms with Crippen molar-refractivity contribution in [1.29, 1.82) is 0 Å². The van der Waals surface area contributed by atoms with Gasteiger partial charge in [0, 0.05) is 31.4 Å². The predicted octanol–water partition coefficient (Wildman–Crippen LogP) is 2.78. The van der Waals surface area contributed by atoms with Crippen LogP contribution < -0.4 is 10.6 Å². The molecule has 26 heavy (non-hydrogen) atoms. The first-order chi connectivity index (χ1) is 11.8. The molecule has 5 nitrogen and oxygen atoms in total. The third-order valence-electron chi connectivity index (χ3n) is 5.49. The predicted molar refractivity (Wildman–Crippen MR) is 107 cm³/mol. The molecule has 1 unspecified atom stereocenters. The quantitative estimate of drug-likeness (QED) is 0.816. The van der Waals surface area contributed by atoms with Crippen molar-refractivity contribution in [3.8, 4) is 0 Å². The van der Waals surface area contributed by atoms with E-state index in [-0.39, 0.29) is 36.6 Å². The summed E-state index contributed by atoms with van der Waals surface area (Å²) in [6, 6.07) is 8.40. The van der Waals surface area contributed by atoms with Crippen LogP contribution in [0.25, 0.3) is 0 Å². The Kier molecular flexibility index (Phi) is 7.09. The zero-order valence-electron chi connectivity index (χ0n) is 14.7. The summed E-state index contributed by atoms with van der Waals surface area (Å²) in [7, 11) is 0. The SMILES string of the molecule is Cl.Cl.O=C(NCc1cccc(Cn2ccnc2)c1)C1CC12CCNCC2. The molecule has 1 amide bonds. The number of benzene rings is 1. The molecule has 2 aromatic rings. The Balaban J connectivity index is 0.00000121. The first kappa shape index (κ1) is 20.7. The zero-order chi connectivity index (χ0) is 16.4. The molecule has 0 radical (unpaired) electrons. The van der Waals surface area contributed by atoms with Gasteiger partial charge < -0.3 is 15.2 Å². The highest BCUT2D eigenvalue weighted by Gasteiger charge is 2.57. The summed E-state index contributed by atoms with van der Waals surface area (Å²) in [5.74, 6) is 0.464. The summed E-state index contributed by atoms with van der Waals surface area (Å²) in [6.45, 7) is 3.53. The number of rotatable bonds is 5. The number of nitrogens with one attached hydrogen (secondary N) is 2. The number of imidazole rings is 1. The first-order valence-electron chi connectivity index (χ1n) is 8.77. The summed E-state index contributed by atoms with van der Waals surface area (Å²) in [6.07, 6.45) is 8.93. The van der Waals surface area contributed by atoms with Crippen LogP contribution in [-0.2, 0) is 17.9 Å². The zero-order valence-corrected chi connectivity index (χ0v) is 16.3. The standard InChI is InChI=1S/C19H24N4O.2ClH/c24-18(17-11-19(17)4-6-20-7-5-19)22-12-15-2-1-3-16(10-15)13-23-9-8-21-14-23;;/h1-3,8-10,14,17,20H,4-7,11-13H2,(H,22,24);2*1H. The van der Waals surface area contributed by atoms with Crippen LogP contribution in [0.2, 0.25) is 0 Å². The van der Waals surface area contributed by atoms with Crippen molar-refractivity contribution in [2.24, 2.45) is 11.3 Å². The summed E-state index contributed by atoms with van der Waals surface area (Å²) < 4.78 is 2.04. The van der Waals surface area contributed by atoms with Gasteiger partial charge in [-0.2, -0.15) is 0 Å². The molecule has 2 fully saturated rings. The fourth-order valence-electron chi connectivity index (χ4n) is 3.94. The van der Waals surface area contributed by atoms with Crippen LogP contribution in [-0.4, -0.2) is 28.5 Å². The number of hydrogen-bond acceptors (Lipinski definition) is 3. The van der Waals surface area contributed by atoms with Gasteiger partial charge in [-0.25, -0.2) is 4.98 Å². The smallest absolute Gasteiger partial charge is 0.223 e. The number of amides is 1. The third kappa shape index (κ3) is 4.58. The minimum Gasteiger partial charge on any atom is -0.352 e. The average Bonchev–Trinajstić information content (AvgIpc) is 3.04. The Morgan fingerprint density at radius 3 is 2.77 bits per heavy atom. The van der Waals surface area contributed by atoms with Gasteiger partial charge in [0.1, 0.15) is 0 Å². The highest BCUT2D eigenvalue weighted by atomic mass is 35.5. The van der Waals surface area contributed by atoms with E-state index in [4.69, 9.17) is 0 Å². The van der Waals surface area contributed by atoms with E-state index in [1.54, 1.807) is 6.20 Å². The molecular weight excluding hydrogens is 371 g/mol. The Morgan fingerprint density at radius 1 is 1.27 bits per heavy atom. The van der Waals surface area contributed by atoms with Crippen LogP contribution in [0.5, 0.6) is 0 Å². The maximum absolute atomic E-state index is 12.4. The van der Waals surface area contributed by atoms with E-state index < -0.39 is 0 Å². The first-order valence-corrected chi connectivity index (χ1v) is 8.77. The Labute approximate surface area is 166 Å². The lowest BCUT2D eigenvalue weighted by atomic mass is 9.92. The van der Waals surface area contributed by atoms with Gasteiger partial charge in [0.25, 0.3) is 0 Å². The van der Waals surface area contributed by atoms with Crippen LogP contribution in [0, 0.1) is 11.3 Å². The molecule has 1 aliphatic heterocycles. The second-order valence-electron chi connectivity index (χ2n) is 7.14. The molecule has 1 atom stereocenters. The van der Waals surface area contributed by atoms with Crippen molar-refractivity contribution in [2.75, 3.05) is 13.1 Å².